The average Bonchev–Trinajstić information content (AvgIpc) is 2.49. The summed E-state index contributed by atoms with van der Waals surface area (Å²) < 4.78 is 18.0. The number of carbonyl (C=O) groups excluding carboxylic acids is 1. The zero-order valence-electron chi connectivity index (χ0n) is 11.5. The van der Waals surface area contributed by atoms with E-state index in [2.05, 4.69) is 10.3 Å². The van der Waals surface area contributed by atoms with Crippen molar-refractivity contribution >= 4 is 17.9 Å². The standard InChI is InChI=1S/C16H15FN2O2/c1-2-21-15-9-7-14(8-10-15)19-16(20)18-11-12-3-5-13(17)6-4-12/h3-11H,2H2,1H3,(H,19,20)/b18-11+. The Hall–Kier alpha value is -2.69. The van der Waals surface area contributed by atoms with Crippen LogP contribution in [0.25, 0.3) is 0 Å². The molecule has 0 bridgehead atoms. The van der Waals surface area contributed by atoms with E-state index in [1.54, 1.807) is 36.4 Å². The lowest BCUT2D eigenvalue weighted by Gasteiger charge is -2.04. The molecule has 0 fully saturated rings. The summed E-state index contributed by atoms with van der Waals surface area (Å²) in [6.07, 6.45) is 1.38. The lowest BCUT2D eigenvalue weighted by Crippen LogP contribution is -2.06. The molecule has 0 unspecified atom stereocenters. The number of halogens is 1. The summed E-state index contributed by atoms with van der Waals surface area (Å²) >= 11 is 0. The van der Waals surface area contributed by atoms with E-state index < -0.39 is 6.03 Å². The number of ether oxygens (including phenoxy) is 1. The van der Waals surface area contributed by atoms with E-state index in [1.165, 1.54) is 18.3 Å². The van der Waals surface area contributed by atoms with Crippen LogP contribution in [0.15, 0.2) is 53.5 Å². The van der Waals surface area contributed by atoms with Gasteiger partial charge in [0, 0.05) is 11.9 Å². The molecule has 5 heteroatoms. The van der Waals surface area contributed by atoms with E-state index in [9.17, 15) is 9.18 Å². The second kappa shape index (κ2) is 7.19. The molecule has 2 amide bonds. The van der Waals surface area contributed by atoms with Gasteiger partial charge >= 0.3 is 6.03 Å². The van der Waals surface area contributed by atoms with Crippen molar-refractivity contribution in [3.05, 3.63) is 59.9 Å². The van der Waals surface area contributed by atoms with Crippen molar-refractivity contribution in [3.8, 4) is 5.75 Å². The Kier molecular flexibility index (Phi) is 5.04. The van der Waals surface area contributed by atoms with Crippen molar-refractivity contribution < 1.29 is 13.9 Å². The highest BCUT2D eigenvalue weighted by atomic mass is 19.1. The largest absolute Gasteiger partial charge is 0.494 e. The minimum absolute atomic E-state index is 0.328. The number of anilines is 1. The summed E-state index contributed by atoms with van der Waals surface area (Å²) in [5.41, 5.74) is 1.28. The summed E-state index contributed by atoms with van der Waals surface area (Å²) in [5, 5.41) is 2.63. The topological polar surface area (TPSA) is 50.7 Å². The first-order chi connectivity index (χ1) is 10.2. The maximum Gasteiger partial charge on any atom is 0.345 e. The molecule has 0 aromatic heterocycles. The number of aliphatic imine (C=N–C) groups is 1. The fourth-order valence-corrected chi connectivity index (χ4v) is 1.64. The summed E-state index contributed by atoms with van der Waals surface area (Å²) in [4.78, 5) is 15.4. The molecule has 0 heterocycles. The Labute approximate surface area is 122 Å². The van der Waals surface area contributed by atoms with Gasteiger partial charge in [-0.05, 0) is 48.9 Å². The van der Waals surface area contributed by atoms with Crippen molar-refractivity contribution in [2.75, 3.05) is 11.9 Å². The molecule has 0 saturated carbocycles. The molecule has 0 spiro atoms. The predicted molar refractivity (Wildman–Crippen MR) is 80.6 cm³/mol. The minimum atomic E-state index is -0.497. The normalized spacial score (nSPS) is 10.6. The van der Waals surface area contributed by atoms with Crippen molar-refractivity contribution in [2.24, 2.45) is 4.99 Å². The van der Waals surface area contributed by atoms with Gasteiger partial charge in [0.2, 0.25) is 0 Å². The van der Waals surface area contributed by atoms with Crippen molar-refractivity contribution in [2.45, 2.75) is 6.92 Å². The van der Waals surface area contributed by atoms with Crippen molar-refractivity contribution in [1.29, 1.82) is 0 Å². The van der Waals surface area contributed by atoms with E-state index in [0.717, 1.165) is 5.75 Å². The number of benzene rings is 2. The highest BCUT2D eigenvalue weighted by Crippen LogP contribution is 2.15. The van der Waals surface area contributed by atoms with Gasteiger partial charge in [0.15, 0.2) is 0 Å². The van der Waals surface area contributed by atoms with Gasteiger partial charge in [-0.2, -0.15) is 0 Å². The van der Waals surface area contributed by atoms with Crippen molar-refractivity contribution in [1.82, 2.24) is 0 Å². The van der Waals surface area contributed by atoms with Crippen LogP contribution in [0.4, 0.5) is 14.9 Å². The maximum absolute atomic E-state index is 12.7. The van der Waals surface area contributed by atoms with Gasteiger partial charge < -0.3 is 10.1 Å². The zero-order valence-corrected chi connectivity index (χ0v) is 11.5. The zero-order chi connectivity index (χ0) is 15.1. The molecule has 1 N–H and O–H groups in total. The number of rotatable bonds is 4. The van der Waals surface area contributed by atoms with Crippen LogP contribution in [0.3, 0.4) is 0 Å². The highest BCUT2D eigenvalue weighted by Gasteiger charge is 2.00. The quantitative estimate of drug-likeness (QED) is 0.867. The first-order valence-corrected chi connectivity index (χ1v) is 6.51. The second-order valence-electron chi connectivity index (χ2n) is 4.20. The highest BCUT2D eigenvalue weighted by molar-refractivity contribution is 5.97. The number of amides is 2. The van der Waals surface area contributed by atoms with Gasteiger partial charge in [-0.1, -0.05) is 12.1 Å². The average molecular weight is 286 g/mol. The molecule has 0 aliphatic carbocycles. The van der Waals surface area contributed by atoms with E-state index in [0.29, 0.717) is 17.9 Å². The van der Waals surface area contributed by atoms with E-state index >= 15 is 0 Å². The summed E-state index contributed by atoms with van der Waals surface area (Å²) in [5.74, 6) is 0.413. The molecule has 2 rings (SSSR count). The smallest absolute Gasteiger partial charge is 0.345 e. The van der Waals surface area contributed by atoms with Crippen LogP contribution in [0.5, 0.6) is 5.75 Å². The molecule has 2 aromatic carbocycles. The Morgan fingerprint density at radius 3 is 2.48 bits per heavy atom. The SMILES string of the molecule is CCOc1ccc(NC(=O)/N=C/c2ccc(F)cc2)cc1. The van der Waals surface area contributed by atoms with Gasteiger partial charge in [-0.3, -0.25) is 0 Å². The lowest BCUT2D eigenvalue weighted by molar-refractivity contribution is 0.259. The van der Waals surface area contributed by atoms with E-state index in [1.807, 2.05) is 6.92 Å². The molecule has 108 valence electrons. The number of nitrogens with one attached hydrogen (secondary N) is 1. The third-order valence-electron chi connectivity index (χ3n) is 2.62. The Bertz CT molecular complexity index is 622. The number of hydrogen-bond donors (Lipinski definition) is 1. The fourth-order valence-electron chi connectivity index (χ4n) is 1.64. The van der Waals surface area contributed by atoms with Crippen LogP contribution in [0.1, 0.15) is 12.5 Å². The number of urea groups is 1. The molecule has 0 radical (unpaired) electrons. The fraction of sp³-hybridized carbons (Fsp3) is 0.125. The second-order valence-corrected chi connectivity index (χ2v) is 4.20. The molecule has 2 aromatic rings. The molecule has 0 aliphatic rings. The van der Waals surface area contributed by atoms with Gasteiger partial charge in [0.25, 0.3) is 0 Å². The third-order valence-corrected chi connectivity index (χ3v) is 2.62. The van der Waals surface area contributed by atoms with Crippen molar-refractivity contribution in [3.63, 3.8) is 0 Å². The van der Waals surface area contributed by atoms with Crippen LogP contribution < -0.4 is 10.1 Å². The molecule has 4 nitrogen and oxygen atoms in total. The Morgan fingerprint density at radius 1 is 1.19 bits per heavy atom. The summed E-state index contributed by atoms with van der Waals surface area (Å²) in [6.45, 7) is 2.49. The molecule has 0 atom stereocenters. The molecule has 0 aliphatic heterocycles. The first kappa shape index (κ1) is 14.7. The van der Waals surface area contributed by atoms with E-state index in [-0.39, 0.29) is 5.82 Å². The number of hydrogen-bond acceptors (Lipinski definition) is 2. The summed E-state index contributed by atoms with van der Waals surface area (Å²) in [6, 6.07) is 12.2. The van der Waals surface area contributed by atoms with E-state index in [4.69, 9.17) is 4.74 Å². The Balaban J connectivity index is 1.93. The predicted octanol–water partition coefficient (Wildman–Crippen LogP) is 3.88. The lowest BCUT2D eigenvalue weighted by atomic mass is 10.2. The van der Waals surface area contributed by atoms with Crippen LogP contribution in [0.2, 0.25) is 0 Å². The van der Waals surface area contributed by atoms with Gasteiger partial charge in [-0.25, -0.2) is 14.2 Å². The van der Waals surface area contributed by atoms with Gasteiger partial charge in [0.05, 0.1) is 6.61 Å². The van der Waals surface area contributed by atoms with Gasteiger partial charge in [0.1, 0.15) is 11.6 Å². The van der Waals surface area contributed by atoms with Gasteiger partial charge in [-0.15, -0.1) is 0 Å². The molecule has 0 saturated heterocycles. The number of nitrogens with zero attached hydrogens (tertiary/aromatic N) is 1. The Morgan fingerprint density at radius 2 is 1.86 bits per heavy atom. The van der Waals surface area contributed by atoms with Crippen LogP contribution in [-0.2, 0) is 0 Å². The molecule has 21 heavy (non-hydrogen) atoms. The monoisotopic (exact) mass is 286 g/mol. The molecular formula is C16H15FN2O2. The molecular weight excluding hydrogens is 271 g/mol. The summed E-state index contributed by atoms with van der Waals surface area (Å²) in [7, 11) is 0. The third kappa shape index (κ3) is 4.72. The van der Waals surface area contributed by atoms with Crippen LogP contribution >= 0.6 is 0 Å². The van der Waals surface area contributed by atoms with Crippen LogP contribution in [0, 0.1) is 5.82 Å². The number of carbonyl (C=O) groups is 1. The maximum atomic E-state index is 12.7. The minimum Gasteiger partial charge on any atom is -0.494 e. The van der Waals surface area contributed by atoms with Crippen LogP contribution in [-0.4, -0.2) is 18.9 Å². The first-order valence-electron chi connectivity index (χ1n) is 6.51.